The number of rotatable bonds is 8. The summed E-state index contributed by atoms with van der Waals surface area (Å²) < 4.78 is 43.7. The molecule has 1 aliphatic rings. The van der Waals surface area contributed by atoms with Crippen LogP contribution < -0.4 is 4.74 Å². The van der Waals surface area contributed by atoms with Crippen LogP contribution in [0.5, 0.6) is 5.75 Å². The Morgan fingerprint density at radius 3 is 2.42 bits per heavy atom. The number of alkyl halides is 3. The maximum atomic E-state index is 12.7. The summed E-state index contributed by atoms with van der Waals surface area (Å²) in [5.74, 6) is 0.500. The molecule has 0 radical (unpaired) electrons. The first-order valence-corrected chi connectivity index (χ1v) is 11.1. The second-order valence-corrected chi connectivity index (χ2v) is 8.71. The average molecular weight is 456 g/mol. The zero-order valence-corrected chi connectivity index (χ0v) is 18.4. The van der Waals surface area contributed by atoms with E-state index in [-0.39, 0.29) is 5.92 Å². The zero-order valence-electron chi connectivity index (χ0n) is 17.6. The first-order valence-electron chi connectivity index (χ1n) is 10.7. The lowest BCUT2D eigenvalue weighted by atomic mass is 9.93. The number of likely N-dealkylation sites (tertiary alicyclic amines) is 1. The summed E-state index contributed by atoms with van der Waals surface area (Å²) in [6.07, 6.45) is -0.780. The highest BCUT2D eigenvalue weighted by Gasteiger charge is 2.30. The maximum Gasteiger partial charge on any atom is 0.416 e. The second kappa shape index (κ2) is 10.7. The Hall–Kier alpha value is -1.76. The summed E-state index contributed by atoms with van der Waals surface area (Å²) in [6, 6.07) is 12.4. The standard InChI is InChI=1S/C24H29ClF3NO2/c1-17(23(30)18-5-9-20(25)10-6-18)16-29-14-3-2-4-21(29)13-15-31-22-11-7-19(8-12-22)24(26,27)28/h5-12,17,21,23,30H,2-4,13-16H2,1H3. The van der Waals surface area contributed by atoms with E-state index in [9.17, 15) is 18.3 Å². The van der Waals surface area contributed by atoms with Gasteiger partial charge in [-0.1, -0.05) is 37.1 Å². The van der Waals surface area contributed by atoms with E-state index in [1.165, 1.54) is 12.1 Å². The normalized spacial score (nSPS) is 19.7. The Kier molecular flexibility index (Phi) is 8.25. The molecule has 3 atom stereocenters. The molecule has 3 nitrogen and oxygen atoms in total. The van der Waals surface area contributed by atoms with Crippen LogP contribution in [0.2, 0.25) is 5.02 Å². The fraction of sp³-hybridized carbons (Fsp3) is 0.500. The number of nitrogens with zero attached hydrogens (tertiary/aromatic N) is 1. The van der Waals surface area contributed by atoms with Crippen molar-refractivity contribution in [3.63, 3.8) is 0 Å². The second-order valence-electron chi connectivity index (χ2n) is 8.28. The summed E-state index contributed by atoms with van der Waals surface area (Å²) >= 11 is 5.94. The predicted octanol–water partition coefficient (Wildman–Crippen LogP) is 6.35. The van der Waals surface area contributed by atoms with Gasteiger partial charge in [0.1, 0.15) is 5.75 Å². The highest BCUT2D eigenvalue weighted by molar-refractivity contribution is 6.30. The molecule has 1 heterocycles. The summed E-state index contributed by atoms with van der Waals surface area (Å²) in [7, 11) is 0. The Labute approximate surface area is 186 Å². The van der Waals surface area contributed by atoms with Crippen molar-refractivity contribution in [3.05, 3.63) is 64.7 Å². The SMILES string of the molecule is CC(CN1CCCCC1CCOc1ccc(C(F)(F)F)cc1)C(O)c1ccc(Cl)cc1. The Morgan fingerprint density at radius 2 is 1.77 bits per heavy atom. The molecule has 0 aliphatic carbocycles. The Bertz CT molecular complexity index is 811. The van der Waals surface area contributed by atoms with Gasteiger partial charge in [0.2, 0.25) is 0 Å². The van der Waals surface area contributed by atoms with Crippen molar-refractivity contribution < 1.29 is 23.0 Å². The topological polar surface area (TPSA) is 32.7 Å². The Balaban J connectivity index is 1.51. The fourth-order valence-electron chi connectivity index (χ4n) is 4.14. The van der Waals surface area contributed by atoms with Crippen LogP contribution >= 0.6 is 11.6 Å². The smallest absolute Gasteiger partial charge is 0.416 e. The largest absolute Gasteiger partial charge is 0.494 e. The molecule has 0 bridgehead atoms. The number of halogens is 4. The number of benzene rings is 2. The van der Waals surface area contributed by atoms with E-state index < -0.39 is 17.8 Å². The van der Waals surface area contributed by atoms with Crippen molar-refractivity contribution in [2.45, 2.75) is 50.9 Å². The number of piperidine rings is 1. The lowest BCUT2D eigenvalue weighted by Crippen LogP contribution is -2.43. The molecule has 0 spiro atoms. The van der Waals surface area contributed by atoms with Crippen molar-refractivity contribution in [2.24, 2.45) is 5.92 Å². The van der Waals surface area contributed by atoms with E-state index in [1.807, 2.05) is 19.1 Å². The first kappa shape index (κ1) is 23.9. The van der Waals surface area contributed by atoms with Crippen LogP contribution in [0, 0.1) is 5.92 Å². The minimum Gasteiger partial charge on any atom is -0.494 e. The van der Waals surface area contributed by atoms with E-state index in [4.69, 9.17) is 16.3 Å². The van der Waals surface area contributed by atoms with Crippen LogP contribution in [0.15, 0.2) is 48.5 Å². The van der Waals surface area contributed by atoms with Gasteiger partial charge in [-0.25, -0.2) is 0 Å². The third-order valence-corrected chi connectivity index (χ3v) is 6.18. The highest BCUT2D eigenvalue weighted by Crippen LogP contribution is 2.31. The molecule has 0 saturated carbocycles. The van der Waals surface area contributed by atoms with Crippen molar-refractivity contribution in [1.29, 1.82) is 0 Å². The fourth-order valence-corrected chi connectivity index (χ4v) is 4.26. The van der Waals surface area contributed by atoms with Crippen LogP contribution in [-0.2, 0) is 6.18 Å². The van der Waals surface area contributed by atoms with Gasteiger partial charge in [-0.05, 0) is 73.7 Å². The minimum absolute atomic E-state index is 0.0533. The van der Waals surface area contributed by atoms with Crippen LogP contribution in [-0.4, -0.2) is 35.7 Å². The molecule has 3 unspecified atom stereocenters. The molecule has 0 amide bonds. The molecule has 2 aromatic carbocycles. The average Bonchev–Trinajstić information content (AvgIpc) is 2.74. The third kappa shape index (κ3) is 6.86. The molecule has 3 rings (SSSR count). The van der Waals surface area contributed by atoms with E-state index in [0.29, 0.717) is 23.4 Å². The zero-order chi connectivity index (χ0) is 22.4. The van der Waals surface area contributed by atoms with Gasteiger partial charge < -0.3 is 9.84 Å². The lowest BCUT2D eigenvalue weighted by molar-refractivity contribution is -0.137. The van der Waals surface area contributed by atoms with Gasteiger partial charge in [0.05, 0.1) is 18.3 Å². The van der Waals surface area contributed by atoms with Gasteiger partial charge in [-0.3, -0.25) is 4.90 Å². The highest BCUT2D eigenvalue weighted by atomic mass is 35.5. The monoisotopic (exact) mass is 455 g/mol. The predicted molar refractivity (Wildman–Crippen MR) is 116 cm³/mol. The van der Waals surface area contributed by atoms with Gasteiger partial charge in [0.15, 0.2) is 0 Å². The molecule has 1 fully saturated rings. The van der Waals surface area contributed by atoms with Crippen LogP contribution in [0.3, 0.4) is 0 Å². The number of aliphatic hydroxyl groups is 1. The van der Waals surface area contributed by atoms with Crippen molar-refractivity contribution >= 4 is 11.6 Å². The molecule has 1 saturated heterocycles. The maximum absolute atomic E-state index is 12.7. The molecular weight excluding hydrogens is 427 g/mol. The van der Waals surface area contributed by atoms with Gasteiger partial charge >= 0.3 is 6.18 Å². The Morgan fingerprint density at radius 1 is 1.10 bits per heavy atom. The van der Waals surface area contributed by atoms with Crippen LogP contribution in [0.4, 0.5) is 13.2 Å². The summed E-state index contributed by atoms with van der Waals surface area (Å²) in [4.78, 5) is 2.41. The molecule has 1 aliphatic heterocycles. The molecule has 1 N–H and O–H groups in total. The van der Waals surface area contributed by atoms with Crippen molar-refractivity contribution in [2.75, 3.05) is 19.7 Å². The minimum atomic E-state index is -4.34. The molecule has 170 valence electrons. The summed E-state index contributed by atoms with van der Waals surface area (Å²) in [5.41, 5.74) is 0.183. The summed E-state index contributed by atoms with van der Waals surface area (Å²) in [6.45, 7) is 4.24. The van der Waals surface area contributed by atoms with Gasteiger partial charge in [-0.15, -0.1) is 0 Å². The number of hydrogen-bond donors (Lipinski definition) is 1. The molecular formula is C24H29ClF3NO2. The van der Waals surface area contributed by atoms with E-state index in [2.05, 4.69) is 4.90 Å². The lowest BCUT2D eigenvalue weighted by Gasteiger charge is -2.38. The van der Waals surface area contributed by atoms with E-state index in [0.717, 1.165) is 56.5 Å². The van der Waals surface area contributed by atoms with Gasteiger partial charge in [-0.2, -0.15) is 13.2 Å². The summed E-state index contributed by atoms with van der Waals surface area (Å²) in [5, 5.41) is 11.4. The van der Waals surface area contributed by atoms with Crippen LogP contribution in [0.1, 0.15) is 49.8 Å². The van der Waals surface area contributed by atoms with E-state index in [1.54, 1.807) is 12.1 Å². The van der Waals surface area contributed by atoms with Crippen molar-refractivity contribution in [1.82, 2.24) is 4.90 Å². The third-order valence-electron chi connectivity index (χ3n) is 5.92. The van der Waals surface area contributed by atoms with E-state index >= 15 is 0 Å². The quantitative estimate of drug-likeness (QED) is 0.503. The van der Waals surface area contributed by atoms with Crippen LogP contribution in [0.25, 0.3) is 0 Å². The molecule has 7 heteroatoms. The molecule has 0 aromatic heterocycles. The number of aliphatic hydroxyl groups excluding tert-OH is 1. The number of ether oxygens (including phenoxy) is 1. The number of hydrogen-bond acceptors (Lipinski definition) is 3. The molecule has 31 heavy (non-hydrogen) atoms. The van der Waals surface area contributed by atoms with Gasteiger partial charge in [0, 0.05) is 17.6 Å². The molecule has 2 aromatic rings. The van der Waals surface area contributed by atoms with Gasteiger partial charge in [0.25, 0.3) is 0 Å². The first-order chi connectivity index (χ1) is 14.7. The van der Waals surface area contributed by atoms with Crippen molar-refractivity contribution in [3.8, 4) is 5.75 Å².